The van der Waals surface area contributed by atoms with E-state index in [0.29, 0.717) is 18.3 Å². The monoisotopic (exact) mass is 496 g/mol. The Morgan fingerprint density at radius 2 is 1.97 bits per heavy atom. The lowest BCUT2D eigenvalue weighted by molar-refractivity contribution is -0.130. The number of aliphatic hydroxyl groups excluding tert-OH is 1. The number of likely N-dealkylation sites (tertiary alicyclic amines) is 2. The Morgan fingerprint density at radius 1 is 1.19 bits per heavy atom. The van der Waals surface area contributed by atoms with Crippen LogP contribution in [0.25, 0.3) is 0 Å². The summed E-state index contributed by atoms with van der Waals surface area (Å²) in [5.74, 6) is 2.81. The standard InChI is InChI=1S/C27H40N6O3/c1-20(34)33-15-10-21(11-16-33)18-29-26-9-12-28-27(31-26)30-23-6-8-25(36-2)22(17-23)5-7-24(35)19-32-13-3-4-14-32/h6,8-9,12,17,21,24,35H,3-5,7,10-11,13-16,18-19H2,1-2H3,(H2,28,29,30,31). The van der Waals surface area contributed by atoms with Crippen molar-refractivity contribution in [3.63, 3.8) is 0 Å². The van der Waals surface area contributed by atoms with E-state index in [-0.39, 0.29) is 12.0 Å². The van der Waals surface area contributed by atoms with Crippen LogP contribution < -0.4 is 15.4 Å². The van der Waals surface area contributed by atoms with Gasteiger partial charge in [0.25, 0.3) is 0 Å². The van der Waals surface area contributed by atoms with E-state index < -0.39 is 0 Å². The van der Waals surface area contributed by atoms with Gasteiger partial charge in [-0.25, -0.2) is 4.98 Å². The number of amides is 1. The van der Waals surface area contributed by atoms with Gasteiger partial charge in [0.15, 0.2) is 0 Å². The summed E-state index contributed by atoms with van der Waals surface area (Å²) >= 11 is 0. The van der Waals surface area contributed by atoms with E-state index in [9.17, 15) is 9.90 Å². The molecule has 1 unspecified atom stereocenters. The predicted molar refractivity (Wildman–Crippen MR) is 142 cm³/mol. The third-order valence-electron chi connectivity index (χ3n) is 7.24. The molecule has 36 heavy (non-hydrogen) atoms. The summed E-state index contributed by atoms with van der Waals surface area (Å²) in [6.07, 6.45) is 7.30. The molecule has 4 rings (SSSR count). The van der Waals surface area contributed by atoms with Gasteiger partial charge in [-0.1, -0.05) is 0 Å². The number of hydrogen-bond acceptors (Lipinski definition) is 8. The number of aliphatic hydroxyl groups is 1. The van der Waals surface area contributed by atoms with Crippen LogP contribution >= 0.6 is 0 Å². The van der Waals surface area contributed by atoms with Gasteiger partial charge in [-0.3, -0.25) is 4.79 Å². The molecule has 0 aliphatic carbocycles. The van der Waals surface area contributed by atoms with Gasteiger partial charge in [0, 0.05) is 45.0 Å². The van der Waals surface area contributed by atoms with E-state index in [2.05, 4.69) is 25.5 Å². The summed E-state index contributed by atoms with van der Waals surface area (Å²) in [5, 5.41) is 17.2. The predicted octanol–water partition coefficient (Wildman–Crippen LogP) is 3.29. The number of ether oxygens (including phenoxy) is 1. The molecule has 3 heterocycles. The first-order valence-corrected chi connectivity index (χ1v) is 13.2. The summed E-state index contributed by atoms with van der Waals surface area (Å²) in [6.45, 7) is 7.04. The first kappa shape index (κ1) is 26.2. The van der Waals surface area contributed by atoms with Crippen LogP contribution in [0.15, 0.2) is 30.5 Å². The molecule has 0 radical (unpaired) electrons. The summed E-state index contributed by atoms with van der Waals surface area (Å²) < 4.78 is 5.56. The number of methoxy groups -OCH3 is 1. The average molecular weight is 497 g/mol. The summed E-state index contributed by atoms with van der Waals surface area (Å²) in [6, 6.07) is 7.82. The zero-order valence-corrected chi connectivity index (χ0v) is 21.6. The number of hydrogen-bond donors (Lipinski definition) is 3. The molecule has 9 nitrogen and oxygen atoms in total. The average Bonchev–Trinajstić information content (AvgIpc) is 3.40. The molecule has 2 saturated heterocycles. The van der Waals surface area contributed by atoms with Crippen molar-refractivity contribution in [2.75, 3.05) is 57.0 Å². The SMILES string of the molecule is COc1ccc(Nc2nccc(NCC3CCN(C(C)=O)CC3)n2)cc1CCC(O)CN1CCCC1. The number of piperidine rings is 1. The van der Waals surface area contributed by atoms with Crippen LogP contribution in [-0.2, 0) is 11.2 Å². The van der Waals surface area contributed by atoms with Crippen molar-refractivity contribution in [2.24, 2.45) is 5.92 Å². The summed E-state index contributed by atoms with van der Waals surface area (Å²) in [4.78, 5) is 24.8. The summed E-state index contributed by atoms with van der Waals surface area (Å²) in [5.41, 5.74) is 1.93. The Bertz CT molecular complexity index is 989. The molecule has 1 aromatic heterocycles. The van der Waals surface area contributed by atoms with Crippen molar-refractivity contribution in [3.8, 4) is 5.75 Å². The Morgan fingerprint density at radius 3 is 2.69 bits per heavy atom. The molecule has 0 saturated carbocycles. The minimum Gasteiger partial charge on any atom is -0.496 e. The van der Waals surface area contributed by atoms with Crippen LogP contribution in [0.4, 0.5) is 17.5 Å². The fraction of sp³-hybridized carbons (Fsp3) is 0.593. The van der Waals surface area contributed by atoms with E-state index in [4.69, 9.17) is 4.74 Å². The Kier molecular flexibility index (Phi) is 9.35. The van der Waals surface area contributed by atoms with Crippen molar-refractivity contribution in [3.05, 3.63) is 36.0 Å². The van der Waals surface area contributed by atoms with E-state index in [1.807, 2.05) is 29.2 Å². The van der Waals surface area contributed by atoms with E-state index in [0.717, 1.165) is 81.3 Å². The second-order valence-corrected chi connectivity index (χ2v) is 9.95. The van der Waals surface area contributed by atoms with Crippen molar-refractivity contribution in [1.82, 2.24) is 19.8 Å². The number of anilines is 3. The molecule has 1 atom stereocenters. The molecule has 2 aliphatic rings. The minimum atomic E-state index is -0.342. The van der Waals surface area contributed by atoms with Crippen LogP contribution in [0.1, 0.15) is 44.6 Å². The fourth-order valence-electron chi connectivity index (χ4n) is 5.08. The van der Waals surface area contributed by atoms with E-state index in [1.165, 1.54) is 12.8 Å². The largest absolute Gasteiger partial charge is 0.496 e. The van der Waals surface area contributed by atoms with E-state index >= 15 is 0 Å². The molecule has 2 fully saturated rings. The molecule has 3 N–H and O–H groups in total. The molecule has 0 bridgehead atoms. The maximum atomic E-state index is 11.5. The van der Waals surface area contributed by atoms with Gasteiger partial charge in [-0.15, -0.1) is 0 Å². The number of nitrogens with one attached hydrogen (secondary N) is 2. The minimum absolute atomic E-state index is 0.160. The van der Waals surface area contributed by atoms with Crippen molar-refractivity contribution in [2.45, 2.75) is 51.6 Å². The van der Waals surface area contributed by atoms with Gasteiger partial charge in [0.05, 0.1) is 13.2 Å². The molecule has 0 spiro atoms. The third kappa shape index (κ3) is 7.54. The summed E-state index contributed by atoms with van der Waals surface area (Å²) in [7, 11) is 1.68. The van der Waals surface area contributed by atoms with Crippen LogP contribution in [-0.4, -0.2) is 83.3 Å². The van der Waals surface area contributed by atoms with Crippen molar-refractivity contribution >= 4 is 23.4 Å². The van der Waals surface area contributed by atoms with Gasteiger partial charge in [0.1, 0.15) is 11.6 Å². The molecular weight excluding hydrogens is 456 g/mol. The van der Waals surface area contributed by atoms with Gasteiger partial charge >= 0.3 is 0 Å². The highest BCUT2D eigenvalue weighted by atomic mass is 16.5. The van der Waals surface area contributed by atoms with Crippen molar-refractivity contribution in [1.29, 1.82) is 0 Å². The van der Waals surface area contributed by atoms with Crippen LogP contribution in [0.5, 0.6) is 5.75 Å². The number of rotatable bonds is 11. The molecule has 1 amide bonds. The lowest BCUT2D eigenvalue weighted by Crippen LogP contribution is -2.38. The number of benzene rings is 1. The zero-order valence-electron chi connectivity index (χ0n) is 21.6. The normalized spacial score (nSPS) is 17.7. The highest BCUT2D eigenvalue weighted by molar-refractivity contribution is 5.73. The van der Waals surface area contributed by atoms with Gasteiger partial charge in [-0.2, -0.15) is 4.98 Å². The number of aryl methyl sites for hydroxylation is 1. The smallest absolute Gasteiger partial charge is 0.229 e. The van der Waals surface area contributed by atoms with E-state index in [1.54, 1.807) is 20.2 Å². The maximum absolute atomic E-state index is 11.5. The van der Waals surface area contributed by atoms with Crippen LogP contribution in [0.2, 0.25) is 0 Å². The number of nitrogens with zero attached hydrogens (tertiary/aromatic N) is 4. The van der Waals surface area contributed by atoms with Gasteiger partial charge in [-0.05, 0) is 87.4 Å². The Hall–Kier alpha value is -2.91. The van der Waals surface area contributed by atoms with Crippen molar-refractivity contribution < 1.29 is 14.6 Å². The number of carbonyl (C=O) groups is 1. The van der Waals surface area contributed by atoms with Crippen LogP contribution in [0.3, 0.4) is 0 Å². The molecular formula is C27H40N6O3. The lowest BCUT2D eigenvalue weighted by Gasteiger charge is -2.31. The molecule has 2 aliphatic heterocycles. The van der Waals surface area contributed by atoms with Gasteiger partial charge < -0.3 is 30.3 Å². The van der Waals surface area contributed by atoms with Crippen LogP contribution in [0, 0.1) is 5.92 Å². The lowest BCUT2D eigenvalue weighted by atomic mass is 9.97. The molecule has 196 valence electrons. The fourth-order valence-corrected chi connectivity index (χ4v) is 5.08. The number of aromatic nitrogens is 2. The Labute approximate surface area is 214 Å². The third-order valence-corrected chi connectivity index (χ3v) is 7.24. The van der Waals surface area contributed by atoms with Gasteiger partial charge in [0.2, 0.25) is 11.9 Å². The second kappa shape index (κ2) is 12.9. The first-order valence-electron chi connectivity index (χ1n) is 13.2. The topological polar surface area (TPSA) is 103 Å². The zero-order chi connectivity index (χ0) is 25.3. The quantitative estimate of drug-likeness (QED) is 0.436. The Balaban J connectivity index is 1.30. The first-order chi connectivity index (χ1) is 17.5. The highest BCUT2D eigenvalue weighted by Gasteiger charge is 2.20. The maximum Gasteiger partial charge on any atom is 0.229 e. The number of β-amino-alcohol motifs (C(OH)–C–C–N with tert-alkyl or cyclic N) is 1. The molecule has 9 heteroatoms. The number of carbonyl (C=O) groups excluding carboxylic acids is 1. The molecule has 1 aromatic carbocycles. The second-order valence-electron chi connectivity index (χ2n) is 9.95. The highest BCUT2D eigenvalue weighted by Crippen LogP contribution is 2.26. The molecule has 2 aromatic rings.